The Labute approximate surface area is 221 Å². The first-order chi connectivity index (χ1) is 18.1. The number of ether oxygens (including phenoxy) is 2. The smallest absolute Gasteiger partial charge is 0.328 e. The number of aromatic nitrogens is 1. The highest BCUT2D eigenvalue weighted by molar-refractivity contribution is 7.07. The molecule has 0 unspecified atom stereocenters. The third kappa shape index (κ3) is 4.60. The standard InChI is InChI=1S/C25H27N5O7S/c1-6-29(7-2)23(34)18-12(3)26-25-30(19(18)14-10-13(36-4)8-9-16(14)37-5)22(33)17(38-25)11-15-20(31)27-24(35)28-21(15)32/h8-11,15,19H,6-7H2,1-5H3,(H2,27,28,31,32,35)/b17-11-/t19-/m1/s1. The number of urea groups is 1. The predicted molar refractivity (Wildman–Crippen MR) is 137 cm³/mol. The molecular formula is C25H27N5O7S. The highest BCUT2D eigenvalue weighted by Gasteiger charge is 2.37. The topological polar surface area (TPSA) is 148 Å². The van der Waals surface area contributed by atoms with E-state index in [4.69, 9.17) is 9.47 Å². The fraction of sp³-hybridized carbons (Fsp3) is 0.360. The zero-order valence-electron chi connectivity index (χ0n) is 21.5. The number of nitrogens with one attached hydrogen (secondary N) is 2. The zero-order chi connectivity index (χ0) is 27.7. The Kier molecular flexibility index (Phi) is 7.49. The molecule has 2 aliphatic rings. The lowest BCUT2D eigenvalue weighted by Gasteiger charge is -2.30. The molecule has 1 atom stereocenters. The number of nitrogens with zero attached hydrogens (tertiary/aromatic N) is 3. The van der Waals surface area contributed by atoms with E-state index < -0.39 is 35.4 Å². The molecule has 13 heteroatoms. The Bertz CT molecular complexity index is 1530. The third-order valence-electron chi connectivity index (χ3n) is 6.39. The molecule has 0 saturated carbocycles. The van der Waals surface area contributed by atoms with Gasteiger partial charge in [0.05, 0.1) is 30.0 Å². The molecule has 200 valence electrons. The van der Waals surface area contributed by atoms with Crippen LogP contribution in [0.15, 0.2) is 39.3 Å². The van der Waals surface area contributed by atoms with Crippen molar-refractivity contribution in [2.75, 3.05) is 27.3 Å². The number of benzene rings is 1. The number of carbonyl (C=O) groups excluding carboxylic acids is 4. The van der Waals surface area contributed by atoms with Gasteiger partial charge in [-0.25, -0.2) is 9.79 Å². The molecule has 1 saturated heterocycles. The van der Waals surface area contributed by atoms with Crippen LogP contribution in [0.4, 0.5) is 4.79 Å². The van der Waals surface area contributed by atoms with Gasteiger partial charge in [-0.1, -0.05) is 11.3 Å². The molecule has 0 radical (unpaired) electrons. The van der Waals surface area contributed by atoms with Crippen LogP contribution in [0.25, 0.3) is 6.08 Å². The summed E-state index contributed by atoms with van der Waals surface area (Å²) in [7, 11) is 2.99. The first-order valence-corrected chi connectivity index (χ1v) is 12.7. The van der Waals surface area contributed by atoms with Crippen molar-refractivity contribution in [1.29, 1.82) is 0 Å². The van der Waals surface area contributed by atoms with Gasteiger partial charge in [0.15, 0.2) is 4.80 Å². The highest BCUT2D eigenvalue weighted by atomic mass is 32.1. The van der Waals surface area contributed by atoms with E-state index in [-0.39, 0.29) is 20.8 Å². The summed E-state index contributed by atoms with van der Waals surface area (Å²) < 4.78 is 12.4. The fourth-order valence-electron chi connectivity index (χ4n) is 4.47. The van der Waals surface area contributed by atoms with Crippen molar-refractivity contribution in [3.8, 4) is 11.5 Å². The van der Waals surface area contributed by atoms with Crippen molar-refractivity contribution in [2.45, 2.75) is 26.8 Å². The second kappa shape index (κ2) is 10.6. The van der Waals surface area contributed by atoms with Crippen LogP contribution in [0.1, 0.15) is 32.4 Å². The van der Waals surface area contributed by atoms with Gasteiger partial charge >= 0.3 is 6.03 Å². The molecular weight excluding hydrogens is 514 g/mol. The highest BCUT2D eigenvalue weighted by Crippen LogP contribution is 2.38. The number of hydrogen-bond donors (Lipinski definition) is 2. The minimum absolute atomic E-state index is 0.0598. The Balaban J connectivity index is 2.00. The van der Waals surface area contributed by atoms with Gasteiger partial charge in [-0.2, -0.15) is 0 Å². The number of allylic oxidation sites excluding steroid dienone is 1. The van der Waals surface area contributed by atoms with E-state index in [1.165, 1.54) is 24.9 Å². The maximum Gasteiger partial charge on any atom is 0.328 e. The zero-order valence-corrected chi connectivity index (χ0v) is 22.3. The Morgan fingerprint density at radius 2 is 1.76 bits per heavy atom. The van der Waals surface area contributed by atoms with Crippen molar-refractivity contribution in [3.63, 3.8) is 0 Å². The predicted octanol–water partition coefficient (Wildman–Crippen LogP) is 0.0547. The molecule has 2 aliphatic heterocycles. The Morgan fingerprint density at radius 1 is 1.11 bits per heavy atom. The number of imide groups is 2. The largest absolute Gasteiger partial charge is 0.497 e. The van der Waals surface area contributed by atoms with Gasteiger partial charge in [-0.05, 0) is 45.0 Å². The van der Waals surface area contributed by atoms with Gasteiger partial charge in [0.1, 0.15) is 23.5 Å². The van der Waals surface area contributed by atoms with Crippen molar-refractivity contribution < 1.29 is 28.7 Å². The Hall–Kier alpha value is -4.26. The monoisotopic (exact) mass is 541 g/mol. The van der Waals surface area contributed by atoms with Gasteiger partial charge in [-0.15, -0.1) is 0 Å². The minimum Gasteiger partial charge on any atom is -0.497 e. The number of amides is 5. The number of barbiturate groups is 1. The van der Waals surface area contributed by atoms with Gasteiger partial charge in [-0.3, -0.25) is 34.4 Å². The van der Waals surface area contributed by atoms with Gasteiger partial charge in [0.2, 0.25) is 11.8 Å². The molecule has 4 rings (SSSR count). The minimum atomic E-state index is -1.39. The number of likely N-dealkylation sites (N-methyl/N-ethyl adjacent to an activating group) is 1. The van der Waals surface area contributed by atoms with E-state index in [1.54, 1.807) is 30.0 Å². The lowest BCUT2D eigenvalue weighted by molar-refractivity contribution is -0.133. The van der Waals surface area contributed by atoms with Crippen LogP contribution in [0.3, 0.4) is 0 Å². The summed E-state index contributed by atoms with van der Waals surface area (Å²) in [6.45, 7) is 6.31. The molecule has 38 heavy (non-hydrogen) atoms. The van der Waals surface area contributed by atoms with Crippen molar-refractivity contribution in [3.05, 3.63) is 54.7 Å². The van der Waals surface area contributed by atoms with Crippen LogP contribution in [0.2, 0.25) is 0 Å². The second-order valence-electron chi connectivity index (χ2n) is 8.47. The summed E-state index contributed by atoms with van der Waals surface area (Å²) in [6, 6.07) is 3.24. The van der Waals surface area contributed by atoms with Crippen LogP contribution in [0, 0.1) is 5.92 Å². The summed E-state index contributed by atoms with van der Waals surface area (Å²) >= 11 is 0.972. The van der Waals surface area contributed by atoms with Crippen LogP contribution in [0.5, 0.6) is 11.5 Å². The molecule has 0 aliphatic carbocycles. The second-order valence-corrected chi connectivity index (χ2v) is 9.48. The van der Waals surface area contributed by atoms with Crippen LogP contribution in [-0.4, -0.2) is 60.5 Å². The van der Waals surface area contributed by atoms with E-state index in [0.29, 0.717) is 35.8 Å². The van der Waals surface area contributed by atoms with E-state index in [9.17, 15) is 24.0 Å². The Morgan fingerprint density at radius 3 is 2.34 bits per heavy atom. The van der Waals surface area contributed by atoms with Crippen molar-refractivity contribution >= 4 is 41.2 Å². The fourth-order valence-corrected chi connectivity index (χ4v) is 5.53. The number of methoxy groups -OCH3 is 2. The van der Waals surface area contributed by atoms with Crippen LogP contribution in [-0.2, 0) is 14.4 Å². The molecule has 1 fully saturated rings. The van der Waals surface area contributed by atoms with Crippen LogP contribution >= 0.6 is 11.3 Å². The third-order valence-corrected chi connectivity index (χ3v) is 7.39. The van der Waals surface area contributed by atoms with E-state index in [1.807, 2.05) is 24.5 Å². The number of carbonyl (C=O) groups is 4. The van der Waals surface area contributed by atoms with Gasteiger partial charge in [0, 0.05) is 18.7 Å². The van der Waals surface area contributed by atoms with Crippen LogP contribution < -0.4 is 35.0 Å². The summed E-state index contributed by atoms with van der Waals surface area (Å²) in [5.41, 5.74) is 0.655. The van der Waals surface area contributed by atoms with E-state index >= 15 is 0 Å². The first kappa shape index (κ1) is 26.8. The van der Waals surface area contributed by atoms with E-state index in [0.717, 1.165) is 11.3 Å². The summed E-state index contributed by atoms with van der Waals surface area (Å²) in [4.78, 5) is 70.1. The van der Waals surface area contributed by atoms with Crippen molar-refractivity contribution in [1.82, 2.24) is 20.1 Å². The van der Waals surface area contributed by atoms with Crippen molar-refractivity contribution in [2.24, 2.45) is 10.9 Å². The van der Waals surface area contributed by atoms with Gasteiger partial charge < -0.3 is 14.4 Å². The molecule has 12 nitrogen and oxygen atoms in total. The maximum atomic E-state index is 13.8. The quantitative estimate of drug-likeness (QED) is 0.471. The molecule has 2 aromatic rings. The molecule has 1 aromatic heterocycles. The first-order valence-electron chi connectivity index (χ1n) is 11.8. The summed E-state index contributed by atoms with van der Waals surface area (Å²) in [5.74, 6) is -2.45. The van der Waals surface area contributed by atoms with Gasteiger partial charge in [0.25, 0.3) is 11.5 Å². The van der Waals surface area contributed by atoms with E-state index in [2.05, 4.69) is 4.99 Å². The maximum absolute atomic E-state index is 13.8. The number of fused-ring (bicyclic) bond motifs is 1. The molecule has 0 bridgehead atoms. The molecule has 3 heterocycles. The molecule has 0 spiro atoms. The SMILES string of the molecule is CCN(CC)C(=O)C1=C(C)N=c2s/c(=C\C3C(=O)NC(=O)NC3=O)c(=O)n2[C@@H]1c1cc(OC)ccc1OC. The summed E-state index contributed by atoms with van der Waals surface area (Å²) in [5, 5.41) is 4.04. The summed E-state index contributed by atoms with van der Waals surface area (Å²) in [6.07, 6.45) is 1.20. The normalized spacial score (nSPS) is 18.0. The number of hydrogen-bond acceptors (Lipinski definition) is 9. The number of thiazole rings is 1. The lowest BCUT2D eigenvalue weighted by atomic mass is 9.93. The molecule has 1 aromatic carbocycles. The average molecular weight is 542 g/mol. The average Bonchev–Trinajstić information content (AvgIpc) is 3.19. The lowest BCUT2D eigenvalue weighted by Crippen LogP contribution is -2.55. The number of rotatable bonds is 7. The molecule has 2 N–H and O–H groups in total. The molecule has 5 amide bonds.